The fourth-order valence-corrected chi connectivity index (χ4v) is 1.57. The molecule has 1 aliphatic heterocycles. The quantitative estimate of drug-likeness (QED) is 0.601. The van der Waals surface area contributed by atoms with E-state index in [0.29, 0.717) is 45.6 Å². The van der Waals surface area contributed by atoms with Crippen LogP contribution in [-0.4, -0.2) is 60.0 Å². The van der Waals surface area contributed by atoms with E-state index in [4.69, 9.17) is 9.84 Å². The van der Waals surface area contributed by atoms with Crippen LogP contribution < -0.4 is 0 Å². The van der Waals surface area contributed by atoms with Gasteiger partial charge < -0.3 is 19.8 Å². The van der Waals surface area contributed by atoms with Crippen LogP contribution in [0.25, 0.3) is 0 Å². The summed E-state index contributed by atoms with van der Waals surface area (Å²) in [5.74, 6) is -0.212. The Kier molecular flexibility index (Phi) is 5.60. The second-order valence-electron chi connectivity index (χ2n) is 3.67. The van der Waals surface area contributed by atoms with Gasteiger partial charge in [-0.2, -0.15) is 0 Å². The van der Waals surface area contributed by atoms with Crippen LogP contribution in [0.2, 0.25) is 0 Å². The van der Waals surface area contributed by atoms with Crippen LogP contribution in [0.1, 0.15) is 19.3 Å². The lowest BCUT2D eigenvalue weighted by molar-refractivity contribution is -0.144. The molecule has 1 rings (SSSR count). The van der Waals surface area contributed by atoms with E-state index in [0.717, 1.165) is 0 Å². The number of carbonyl (C=O) groups excluding carboxylic acids is 1. The summed E-state index contributed by atoms with van der Waals surface area (Å²) < 4.78 is 5.12. The fraction of sp³-hybridized carbons (Fsp3) is 0.900. The molecule has 2 N–H and O–H groups in total. The molecular weight excluding hydrogens is 198 g/mol. The average Bonchev–Trinajstić information content (AvgIpc) is 2.29. The van der Waals surface area contributed by atoms with Crippen molar-refractivity contribution in [1.29, 1.82) is 0 Å². The molecule has 0 spiro atoms. The van der Waals surface area contributed by atoms with Gasteiger partial charge in [0.05, 0.1) is 13.2 Å². The molecule has 0 aromatic heterocycles. The lowest BCUT2D eigenvalue weighted by Crippen LogP contribution is -2.45. The summed E-state index contributed by atoms with van der Waals surface area (Å²) in [6, 6.07) is 0. The Hall–Kier alpha value is -0.650. The van der Waals surface area contributed by atoms with Gasteiger partial charge in [0, 0.05) is 19.7 Å². The second kappa shape index (κ2) is 6.76. The van der Waals surface area contributed by atoms with E-state index >= 15 is 0 Å². The first-order valence-electron chi connectivity index (χ1n) is 5.41. The summed E-state index contributed by atoms with van der Waals surface area (Å²) in [5.41, 5.74) is 0. The van der Waals surface area contributed by atoms with Crippen molar-refractivity contribution in [2.24, 2.45) is 0 Å². The monoisotopic (exact) mass is 217 g/mol. The van der Waals surface area contributed by atoms with Crippen molar-refractivity contribution in [3.63, 3.8) is 0 Å². The number of hydrogen-bond donors (Lipinski definition) is 2. The van der Waals surface area contributed by atoms with Crippen LogP contribution in [0.3, 0.4) is 0 Å². The Morgan fingerprint density at radius 3 is 2.60 bits per heavy atom. The molecular formula is C10H19NO4. The Balaban J connectivity index is 2.24. The molecule has 1 aliphatic rings. The lowest BCUT2D eigenvalue weighted by atomic mass is 10.1. The maximum atomic E-state index is 11.7. The molecule has 0 aliphatic carbocycles. The fourth-order valence-electron chi connectivity index (χ4n) is 1.57. The Morgan fingerprint density at radius 2 is 2.00 bits per heavy atom. The van der Waals surface area contributed by atoms with E-state index in [-0.39, 0.29) is 12.5 Å². The van der Waals surface area contributed by atoms with Crippen LogP contribution in [0.15, 0.2) is 0 Å². The van der Waals surface area contributed by atoms with E-state index in [1.807, 2.05) is 0 Å². The molecule has 88 valence electrons. The van der Waals surface area contributed by atoms with Crippen molar-refractivity contribution in [1.82, 2.24) is 4.90 Å². The molecule has 0 bridgehead atoms. The lowest BCUT2D eigenvalue weighted by Gasteiger charge is -2.28. The summed E-state index contributed by atoms with van der Waals surface area (Å²) in [4.78, 5) is 13.3. The molecule has 5 heteroatoms. The minimum atomic E-state index is -0.922. The van der Waals surface area contributed by atoms with Crippen molar-refractivity contribution in [3.05, 3.63) is 0 Å². The molecule has 0 aromatic carbocycles. The maximum Gasteiger partial charge on any atom is 0.251 e. The van der Waals surface area contributed by atoms with Gasteiger partial charge in [-0.05, 0) is 19.3 Å². The van der Waals surface area contributed by atoms with Gasteiger partial charge in [0.1, 0.15) is 6.10 Å². The summed E-state index contributed by atoms with van der Waals surface area (Å²) in [6.45, 7) is 2.34. The number of hydrogen-bond acceptors (Lipinski definition) is 4. The first-order chi connectivity index (χ1) is 7.25. The van der Waals surface area contributed by atoms with Gasteiger partial charge in [0.15, 0.2) is 0 Å². The smallest absolute Gasteiger partial charge is 0.251 e. The summed E-state index contributed by atoms with van der Waals surface area (Å²) in [6.07, 6.45) is 0.812. The molecule has 5 nitrogen and oxygen atoms in total. The molecule has 1 heterocycles. The zero-order chi connectivity index (χ0) is 11.1. The Bertz CT molecular complexity index is 192. The number of aliphatic hydroxyl groups is 2. The molecule has 1 fully saturated rings. The van der Waals surface area contributed by atoms with E-state index < -0.39 is 6.10 Å². The normalized spacial score (nSPS) is 18.9. The number of carbonyl (C=O) groups is 1. The summed E-state index contributed by atoms with van der Waals surface area (Å²) in [7, 11) is 0. The first kappa shape index (κ1) is 12.4. The predicted molar refractivity (Wildman–Crippen MR) is 54.3 cm³/mol. The first-order valence-corrected chi connectivity index (χ1v) is 5.41. The number of nitrogens with zero attached hydrogens (tertiary/aromatic N) is 1. The zero-order valence-electron chi connectivity index (χ0n) is 8.89. The van der Waals surface area contributed by atoms with Gasteiger partial charge in [-0.1, -0.05) is 0 Å². The highest BCUT2D eigenvalue weighted by Crippen LogP contribution is 2.06. The number of aliphatic hydroxyl groups excluding tert-OH is 2. The SMILES string of the molecule is O=C(C(O)CCCCO)N1CCOCC1. The molecule has 1 atom stereocenters. The van der Waals surface area contributed by atoms with Gasteiger partial charge in [-0.3, -0.25) is 4.79 Å². The molecule has 0 radical (unpaired) electrons. The van der Waals surface area contributed by atoms with Gasteiger partial charge in [-0.25, -0.2) is 0 Å². The molecule has 1 saturated heterocycles. The number of amides is 1. The summed E-state index contributed by atoms with van der Waals surface area (Å²) in [5, 5.41) is 18.2. The highest BCUT2D eigenvalue weighted by Gasteiger charge is 2.23. The van der Waals surface area contributed by atoms with Crippen molar-refractivity contribution < 1.29 is 19.7 Å². The minimum Gasteiger partial charge on any atom is -0.396 e. The second-order valence-corrected chi connectivity index (χ2v) is 3.67. The third-order valence-electron chi connectivity index (χ3n) is 2.49. The van der Waals surface area contributed by atoms with Crippen molar-refractivity contribution in [2.75, 3.05) is 32.9 Å². The van der Waals surface area contributed by atoms with E-state index in [1.165, 1.54) is 0 Å². The van der Waals surface area contributed by atoms with Gasteiger partial charge >= 0.3 is 0 Å². The largest absolute Gasteiger partial charge is 0.396 e. The van der Waals surface area contributed by atoms with E-state index in [1.54, 1.807) is 4.90 Å². The maximum absolute atomic E-state index is 11.7. The highest BCUT2D eigenvalue weighted by atomic mass is 16.5. The van der Waals surface area contributed by atoms with Crippen LogP contribution >= 0.6 is 0 Å². The zero-order valence-corrected chi connectivity index (χ0v) is 8.89. The van der Waals surface area contributed by atoms with Gasteiger partial charge in [-0.15, -0.1) is 0 Å². The average molecular weight is 217 g/mol. The molecule has 0 aromatic rings. The Morgan fingerprint density at radius 1 is 1.33 bits per heavy atom. The number of rotatable bonds is 5. The van der Waals surface area contributed by atoms with E-state index in [9.17, 15) is 9.90 Å². The molecule has 1 unspecified atom stereocenters. The third kappa shape index (κ3) is 4.15. The topological polar surface area (TPSA) is 70.0 Å². The van der Waals surface area contributed by atoms with Crippen molar-refractivity contribution in [2.45, 2.75) is 25.4 Å². The minimum absolute atomic E-state index is 0.110. The predicted octanol–water partition coefficient (Wildman–Crippen LogP) is -0.631. The highest BCUT2D eigenvalue weighted by molar-refractivity contribution is 5.80. The summed E-state index contributed by atoms with van der Waals surface area (Å²) >= 11 is 0. The Labute approximate surface area is 89.6 Å². The number of ether oxygens (including phenoxy) is 1. The van der Waals surface area contributed by atoms with Crippen molar-refractivity contribution in [3.8, 4) is 0 Å². The van der Waals surface area contributed by atoms with Crippen LogP contribution in [0, 0.1) is 0 Å². The van der Waals surface area contributed by atoms with Gasteiger partial charge in [0.2, 0.25) is 0 Å². The molecule has 0 saturated carbocycles. The molecule has 15 heavy (non-hydrogen) atoms. The standard InChI is InChI=1S/C10H19NO4/c12-6-2-1-3-9(13)10(14)11-4-7-15-8-5-11/h9,12-13H,1-8H2. The van der Waals surface area contributed by atoms with E-state index in [2.05, 4.69) is 0 Å². The van der Waals surface area contributed by atoms with Crippen LogP contribution in [0.4, 0.5) is 0 Å². The van der Waals surface area contributed by atoms with Crippen LogP contribution in [0.5, 0.6) is 0 Å². The number of morpholine rings is 1. The van der Waals surface area contributed by atoms with Gasteiger partial charge in [0.25, 0.3) is 5.91 Å². The van der Waals surface area contributed by atoms with Crippen LogP contribution in [-0.2, 0) is 9.53 Å². The molecule has 1 amide bonds. The van der Waals surface area contributed by atoms with Crippen molar-refractivity contribution >= 4 is 5.91 Å². The third-order valence-corrected chi connectivity index (χ3v) is 2.49. The number of unbranched alkanes of at least 4 members (excludes halogenated alkanes) is 1.